The molecular weight excluding hydrogens is 344 g/mol. The molecule has 0 aliphatic carbocycles. The fraction of sp³-hybridized carbons (Fsp3) is 0.385. The van der Waals surface area contributed by atoms with Gasteiger partial charge in [-0.05, 0) is 40.0 Å². The first-order chi connectivity index (χ1) is 9.54. The van der Waals surface area contributed by atoms with Crippen LogP contribution in [0.15, 0.2) is 21.5 Å². The number of carbonyl (C=O) groups is 2. The van der Waals surface area contributed by atoms with Crippen molar-refractivity contribution < 1.29 is 13.8 Å². The van der Waals surface area contributed by atoms with E-state index in [9.17, 15) is 13.8 Å². The van der Waals surface area contributed by atoms with Crippen molar-refractivity contribution in [2.75, 3.05) is 18.0 Å². The minimum atomic E-state index is -1.41. The Morgan fingerprint density at radius 1 is 1.55 bits per heavy atom. The zero-order chi connectivity index (χ0) is 14.7. The van der Waals surface area contributed by atoms with Gasteiger partial charge in [-0.2, -0.15) is 0 Å². The van der Waals surface area contributed by atoms with Crippen LogP contribution in [0.5, 0.6) is 0 Å². The molecular formula is C13H15BrN2O3S. The summed E-state index contributed by atoms with van der Waals surface area (Å²) < 4.78 is 15.7. The molecule has 1 heterocycles. The van der Waals surface area contributed by atoms with Crippen molar-refractivity contribution in [3.63, 3.8) is 0 Å². The maximum absolute atomic E-state index is 12.2. The number of fused-ring (bicyclic) bond motifs is 1. The van der Waals surface area contributed by atoms with Gasteiger partial charge in [0.05, 0.1) is 4.90 Å². The highest BCUT2D eigenvalue weighted by Gasteiger charge is 2.24. The third-order valence-corrected chi connectivity index (χ3v) is 5.23. The highest BCUT2D eigenvalue weighted by atomic mass is 79.9. The van der Waals surface area contributed by atoms with Crippen LogP contribution in [0.25, 0.3) is 0 Å². The topological polar surface area (TPSA) is 66.5 Å². The average Bonchev–Trinajstić information content (AvgIpc) is 2.80. The summed E-state index contributed by atoms with van der Waals surface area (Å²) >= 11 is 3.41. The smallest absolute Gasteiger partial charge is 0.223 e. The van der Waals surface area contributed by atoms with E-state index in [4.69, 9.17) is 0 Å². The second-order valence-corrected chi connectivity index (χ2v) is 6.57. The number of hydrogen-bond acceptors (Lipinski definition) is 3. The molecule has 1 aliphatic rings. The Morgan fingerprint density at radius 3 is 2.95 bits per heavy atom. The molecule has 0 saturated heterocycles. The number of benzene rings is 1. The molecule has 1 aromatic rings. The Labute approximate surface area is 128 Å². The second kappa shape index (κ2) is 6.60. The Kier molecular flexibility index (Phi) is 5.06. The van der Waals surface area contributed by atoms with E-state index in [0.29, 0.717) is 24.4 Å². The number of rotatable bonds is 5. The Hall–Kier alpha value is -1.05. The summed E-state index contributed by atoms with van der Waals surface area (Å²) in [6.45, 7) is 2.54. The molecule has 0 fully saturated rings. The van der Waals surface area contributed by atoms with E-state index >= 15 is 0 Å². The van der Waals surface area contributed by atoms with E-state index in [-0.39, 0.29) is 5.91 Å². The summed E-state index contributed by atoms with van der Waals surface area (Å²) in [6.07, 6.45) is 1.90. The minimum absolute atomic E-state index is 0.0169. The maximum atomic E-state index is 12.2. The van der Waals surface area contributed by atoms with Crippen LogP contribution in [0.1, 0.15) is 18.9 Å². The molecule has 1 amide bonds. The largest absolute Gasteiger partial charge is 0.312 e. The Morgan fingerprint density at radius 2 is 2.30 bits per heavy atom. The summed E-state index contributed by atoms with van der Waals surface area (Å²) in [7, 11) is -1.41. The molecule has 1 N–H and O–H groups in total. The molecule has 1 aliphatic heterocycles. The van der Waals surface area contributed by atoms with Gasteiger partial charge in [-0.1, -0.05) is 0 Å². The van der Waals surface area contributed by atoms with E-state index in [0.717, 1.165) is 28.4 Å². The highest BCUT2D eigenvalue weighted by molar-refractivity contribution is 9.10. The normalized spacial score (nSPS) is 15.0. The molecule has 108 valence electrons. The van der Waals surface area contributed by atoms with Crippen LogP contribution in [0.4, 0.5) is 5.69 Å². The molecule has 20 heavy (non-hydrogen) atoms. The van der Waals surface area contributed by atoms with Gasteiger partial charge in [-0.3, -0.25) is 4.79 Å². The summed E-state index contributed by atoms with van der Waals surface area (Å²) in [5.74, 6) is -0.0169. The van der Waals surface area contributed by atoms with Crippen LogP contribution in [-0.2, 0) is 27.0 Å². The zero-order valence-electron chi connectivity index (χ0n) is 11.0. The van der Waals surface area contributed by atoms with E-state index in [1.165, 1.54) is 6.92 Å². The predicted octanol–water partition coefficient (Wildman–Crippen LogP) is 1.56. The number of halogens is 1. The lowest BCUT2D eigenvalue weighted by atomic mass is 10.2. The van der Waals surface area contributed by atoms with Crippen molar-refractivity contribution in [1.29, 1.82) is 0 Å². The van der Waals surface area contributed by atoms with E-state index in [1.54, 1.807) is 11.0 Å². The standard InChI is InChI=1S/C13H15BrN2O3S/c1-9(18)16-5-3-10-7-11(14)13(8-12(10)16)20(19)15-4-2-6-17/h6-8,15H,2-5H2,1H3. The monoisotopic (exact) mass is 358 g/mol. The molecule has 2 rings (SSSR count). The Bertz CT molecular complexity index is 577. The summed E-state index contributed by atoms with van der Waals surface area (Å²) in [6, 6.07) is 3.69. The number of nitrogens with zero attached hydrogens (tertiary/aromatic N) is 1. The van der Waals surface area contributed by atoms with Crippen LogP contribution in [0.3, 0.4) is 0 Å². The number of carbonyl (C=O) groups excluding carboxylic acids is 2. The molecule has 1 unspecified atom stereocenters. The molecule has 0 spiro atoms. The van der Waals surface area contributed by atoms with Gasteiger partial charge in [0, 0.05) is 36.6 Å². The highest BCUT2D eigenvalue weighted by Crippen LogP contribution is 2.34. The third-order valence-electron chi connectivity index (χ3n) is 3.10. The third kappa shape index (κ3) is 3.16. The van der Waals surface area contributed by atoms with Gasteiger partial charge < -0.3 is 9.69 Å². The maximum Gasteiger partial charge on any atom is 0.223 e. The van der Waals surface area contributed by atoms with Gasteiger partial charge in [0.15, 0.2) is 0 Å². The molecule has 0 aromatic heterocycles. The van der Waals surface area contributed by atoms with Crippen LogP contribution in [-0.4, -0.2) is 29.5 Å². The van der Waals surface area contributed by atoms with Gasteiger partial charge in [0.2, 0.25) is 5.91 Å². The fourth-order valence-electron chi connectivity index (χ4n) is 2.15. The van der Waals surface area contributed by atoms with Crippen molar-refractivity contribution in [2.45, 2.75) is 24.7 Å². The van der Waals surface area contributed by atoms with Gasteiger partial charge in [0.25, 0.3) is 0 Å². The zero-order valence-corrected chi connectivity index (χ0v) is 13.4. The molecule has 5 nitrogen and oxygen atoms in total. The van der Waals surface area contributed by atoms with Crippen LogP contribution >= 0.6 is 15.9 Å². The molecule has 7 heteroatoms. The first kappa shape index (κ1) is 15.3. The second-order valence-electron chi connectivity index (χ2n) is 4.45. The van der Waals surface area contributed by atoms with Gasteiger partial charge in [-0.15, -0.1) is 0 Å². The number of anilines is 1. The van der Waals surface area contributed by atoms with Crippen molar-refractivity contribution in [3.8, 4) is 0 Å². The minimum Gasteiger partial charge on any atom is -0.312 e. The molecule has 0 radical (unpaired) electrons. The van der Waals surface area contributed by atoms with Gasteiger partial charge in [-0.25, -0.2) is 8.93 Å². The molecule has 0 saturated carbocycles. The predicted molar refractivity (Wildman–Crippen MR) is 81.0 cm³/mol. The lowest BCUT2D eigenvalue weighted by molar-refractivity contribution is -0.116. The fourth-order valence-corrected chi connectivity index (χ4v) is 3.89. The molecule has 1 aromatic carbocycles. The van der Waals surface area contributed by atoms with Crippen molar-refractivity contribution in [1.82, 2.24) is 4.72 Å². The van der Waals surface area contributed by atoms with Gasteiger partial charge >= 0.3 is 0 Å². The number of amides is 1. The van der Waals surface area contributed by atoms with Crippen molar-refractivity contribution in [2.24, 2.45) is 0 Å². The summed E-state index contributed by atoms with van der Waals surface area (Å²) in [5, 5.41) is 0. The quantitative estimate of drug-likeness (QED) is 0.641. The van der Waals surface area contributed by atoms with Gasteiger partial charge in [0.1, 0.15) is 17.3 Å². The van der Waals surface area contributed by atoms with E-state index < -0.39 is 11.0 Å². The first-order valence-corrected chi connectivity index (χ1v) is 8.18. The number of hydrogen-bond donors (Lipinski definition) is 1. The van der Waals surface area contributed by atoms with Crippen LogP contribution in [0, 0.1) is 0 Å². The molecule has 0 bridgehead atoms. The van der Waals surface area contributed by atoms with Crippen LogP contribution < -0.4 is 9.62 Å². The van der Waals surface area contributed by atoms with E-state index in [2.05, 4.69) is 20.7 Å². The number of aldehydes is 1. The van der Waals surface area contributed by atoms with Crippen LogP contribution in [0.2, 0.25) is 0 Å². The Balaban J connectivity index is 2.27. The summed E-state index contributed by atoms with van der Waals surface area (Å²) in [5.41, 5.74) is 1.89. The van der Waals surface area contributed by atoms with E-state index in [1.807, 2.05) is 6.07 Å². The summed E-state index contributed by atoms with van der Waals surface area (Å²) in [4.78, 5) is 24.1. The van der Waals surface area contributed by atoms with Crippen molar-refractivity contribution in [3.05, 3.63) is 22.2 Å². The average molecular weight is 359 g/mol. The van der Waals surface area contributed by atoms with Crippen molar-refractivity contribution >= 4 is 44.8 Å². The SMILES string of the molecule is CC(=O)N1CCc2cc(Br)c(S(=O)NCCC=O)cc21. The first-order valence-electron chi connectivity index (χ1n) is 6.24. The molecule has 1 atom stereocenters. The lowest BCUT2D eigenvalue weighted by Gasteiger charge is -2.16. The number of nitrogens with one attached hydrogen (secondary N) is 1. The lowest BCUT2D eigenvalue weighted by Crippen LogP contribution is -2.26.